The first kappa shape index (κ1) is 18.6. The number of hydrogen-bond donors (Lipinski definition) is 0. The number of morpholine rings is 1. The predicted molar refractivity (Wildman–Crippen MR) is 97.2 cm³/mol. The summed E-state index contributed by atoms with van der Waals surface area (Å²) in [5, 5.41) is 9.50. The minimum atomic E-state index is -0.456. The quantitative estimate of drug-likeness (QED) is 0.756. The number of pyridine rings is 1. The molecule has 2 aliphatic rings. The first-order valence-electron chi connectivity index (χ1n) is 9.17. The van der Waals surface area contributed by atoms with Crippen molar-refractivity contribution < 1.29 is 14.3 Å². The zero-order valence-corrected chi connectivity index (χ0v) is 15.5. The van der Waals surface area contributed by atoms with Crippen molar-refractivity contribution in [2.24, 2.45) is 5.92 Å². The summed E-state index contributed by atoms with van der Waals surface area (Å²) in [7, 11) is 1.33. The van der Waals surface area contributed by atoms with Crippen LogP contribution >= 0.6 is 0 Å². The summed E-state index contributed by atoms with van der Waals surface area (Å²) in [6.45, 7) is 8.38. The van der Waals surface area contributed by atoms with Gasteiger partial charge in [-0.3, -0.25) is 4.90 Å². The second kappa shape index (κ2) is 8.47. The number of esters is 1. The molecular weight excluding hydrogens is 332 g/mol. The maximum atomic E-state index is 11.8. The summed E-state index contributed by atoms with van der Waals surface area (Å²) in [5.74, 6) is 0.898. The number of carbonyl (C=O) groups excluding carboxylic acids is 1. The number of carbonyl (C=O) groups is 1. The van der Waals surface area contributed by atoms with Crippen molar-refractivity contribution in [3.8, 4) is 6.07 Å². The Hall–Kier alpha value is -2.17. The van der Waals surface area contributed by atoms with E-state index in [0.717, 1.165) is 58.8 Å². The first-order chi connectivity index (χ1) is 12.6. The second-order valence-corrected chi connectivity index (χ2v) is 6.94. The molecule has 0 radical (unpaired) electrons. The van der Waals surface area contributed by atoms with Crippen LogP contribution in [0.15, 0.2) is 6.07 Å². The largest absolute Gasteiger partial charge is 0.465 e. The number of hydrogen-bond acceptors (Lipinski definition) is 7. The fourth-order valence-electron chi connectivity index (χ4n) is 3.71. The normalized spacial score (nSPS) is 19.2. The molecule has 0 N–H and O–H groups in total. The molecule has 2 saturated heterocycles. The molecule has 140 valence electrons. The Labute approximate surface area is 154 Å². The Balaban J connectivity index is 1.66. The minimum Gasteiger partial charge on any atom is -0.465 e. The molecular formula is C19H26N4O3. The van der Waals surface area contributed by atoms with E-state index in [0.29, 0.717) is 28.6 Å². The molecule has 26 heavy (non-hydrogen) atoms. The van der Waals surface area contributed by atoms with Crippen molar-refractivity contribution in [2.45, 2.75) is 19.8 Å². The molecule has 0 spiro atoms. The maximum Gasteiger partial charge on any atom is 0.339 e. The van der Waals surface area contributed by atoms with Gasteiger partial charge in [-0.25, -0.2) is 9.78 Å². The lowest BCUT2D eigenvalue weighted by molar-refractivity contribution is 0.0289. The van der Waals surface area contributed by atoms with Gasteiger partial charge in [0.2, 0.25) is 0 Å². The first-order valence-corrected chi connectivity index (χ1v) is 9.17. The number of nitriles is 1. The maximum absolute atomic E-state index is 11.8. The summed E-state index contributed by atoms with van der Waals surface area (Å²) in [6, 6.07) is 3.78. The van der Waals surface area contributed by atoms with Crippen LogP contribution in [0.3, 0.4) is 0 Å². The molecule has 7 heteroatoms. The Morgan fingerprint density at radius 2 is 2.04 bits per heavy atom. The molecule has 0 aliphatic carbocycles. The van der Waals surface area contributed by atoms with Crippen LogP contribution in [-0.2, 0) is 9.47 Å². The van der Waals surface area contributed by atoms with E-state index in [1.165, 1.54) is 7.11 Å². The fourth-order valence-corrected chi connectivity index (χ4v) is 3.71. The Kier molecular flexibility index (Phi) is 6.07. The Morgan fingerprint density at radius 1 is 1.35 bits per heavy atom. The van der Waals surface area contributed by atoms with E-state index in [1.807, 2.05) is 0 Å². The van der Waals surface area contributed by atoms with E-state index < -0.39 is 5.97 Å². The number of methoxy groups -OCH3 is 1. The number of rotatable bonds is 4. The van der Waals surface area contributed by atoms with Gasteiger partial charge in [-0.1, -0.05) is 0 Å². The van der Waals surface area contributed by atoms with Gasteiger partial charge in [0, 0.05) is 32.7 Å². The van der Waals surface area contributed by atoms with Crippen LogP contribution < -0.4 is 4.90 Å². The average molecular weight is 358 g/mol. The van der Waals surface area contributed by atoms with Crippen molar-refractivity contribution in [3.63, 3.8) is 0 Å². The molecule has 0 amide bonds. The van der Waals surface area contributed by atoms with Gasteiger partial charge in [0.25, 0.3) is 0 Å². The lowest BCUT2D eigenvalue weighted by atomic mass is 9.95. The number of nitrogens with zero attached hydrogens (tertiary/aromatic N) is 4. The monoisotopic (exact) mass is 358 g/mol. The standard InChI is InChI=1S/C19H26N4O3/c1-14-17(19(24)25-2)11-16(12-20)18(21-14)23-5-3-15(4-6-23)13-22-7-9-26-10-8-22/h11,15H,3-10,13H2,1-2H3. The highest BCUT2D eigenvalue weighted by Gasteiger charge is 2.25. The van der Waals surface area contributed by atoms with E-state index >= 15 is 0 Å². The number of piperidine rings is 1. The summed E-state index contributed by atoms with van der Waals surface area (Å²) in [6.07, 6.45) is 2.17. The van der Waals surface area contributed by atoms with Crippen LogP contribution in [0, 0.1) is 24.2 Å². The van der Waals surface area contributed by atoms with Gasteiger partial charge >= 0.3 is 5.97 Å². The zero-order chi connectivity index (χ0) is 18.5. The number of aromatic nitrogens is 1. The van der Waals surface area contributed by atoms with E-state index in [9.17, 15) is 10.1 Å². The molecule has 1 aromatic heterocycles. The van der Waals surface area contributed by atoms with Gasteiger partial charge in [-0.05, 0) is 31.7 Å². The van der Waals surface area contributed by atoms with Gasteiger partial charge < -0.3 is 14.4 Å². The topological polar surface area (TPSA) is 78.7 Å². The highest BCUT2D eigenvalue weighted by atomic mass is 16.5. The molecule has 3 heterocycles. The van der Waals surface area contributed by atoms with Crippen LogP contribution in [0.5, 0.6) is 0 Å². The molecule has 0 unspecified atom stereocenters. The van der Waals surface area contributed by atoms with Gasteiger partial charge in [0.1, 0.15) is 11.9 Å². The van der Waals surface area contributed by atoms with Gasteiger partial charge in [0.15, 0.2) is 0 Å². The third-order valence-corrected chi connectivity index (χ3v) is 5.25. The second-order valence-electron chi connectivity index (χ2n) is 6.94. The molecule has 3 rings (SSSR count). The van der Waals surface area contributed by atoms with Crippen LogP contribution in [0.1, 0.15) is 34.5 Å². The van der Waals surface area contributed by atoms with E-state index in [2.05, 4.69) is 20.9 Å². The summed E-state index contributed by atoms with van der Waals surface area (Å²) in [4.78, 5) is 21.0. The van der Waals surface area contributed by atoms with Crippen LogP contribution in [0.2, 0.25) is 0 Å². The van der Waals surface area contributed by atoms with Crippen molar-refractivity contribution in [3.05, 3.63) is 22.9 Å². The van der Waals surface area contributed by atoms with Crippen molar-refractivity contribution in [1.29, 1.82) is 5.26 Å². The highest BCUT2D eigenvalue weighted by molar-refractivity contribution is 5.91. The molecule has 1 aromatic rings. The number of ether oxygens (including phenoxy) is 2. The van der Waals surface area contributed by atoms with Crippen molar-refractivity contribution >= 4 is 11.8 Å². The molecule has 0 aromatic carbocycles. The molecule has 2 fully saturated rings. The smallest absolute Gasteiger partial charge is 0.339 e. The van der Waals surface area contributed by atoms with Gasteiger partial charge in [0.05, 0.1) is 37.1 Å². The molecule has 0 atom stereocenters. The third-order valence-electron chi connectivity index (χ3n) is 5.25. The number of anilines is 1. The van der Waals surface area contributed by atoms with Gasteiger partial charge in [-0.15, -0.1) is 0 Å². The highest BCUT2D eigenvalue weighted by Crippen LogP contribution is 2.27. The van der Waals surface area contributed by atoms with Crippen LogP contribution in [0.4, 0.5) is 5.82 Å². The van der Waals surface area contributed by atoms with E-state index in [-0.39, 0.29) is 0 Å². The lowest BCUT2D eigenvalue weighted by Gasteiger charge is -2.36. The summed E-state index contributed by atoms with van der Waals surface area (Å²) < 4.78 is 10.2. The Bertz CT molecular complexity index is 687. The third kappa shape index (κ3) is 4.14. The SMILES string of the molecule is COC(=O)c1cc(C#N)c(N2CCC(CN3CCOCC3)CC2)nc1C. The minimum absolute atomic E-state index is 0.356. The lowest BCUT2D eigenvalue weighted by Crippen LogP contribution is -2.43. The zero-order valence-electron chi connectivity index (χ0n) is 15.5. The summed E-state index contributed by atoms with van der Waals surface area (Å²) in [5.41, 5.74) is 1.39. The van der Waals surface area contributed by atoms with Crippen LogP contribution in [0.25, 0.3) is 0 Å². The van der Waals surface area contributed by atoms with Crippen molar-refractivity contribution in [1.82, 2.24) is 9.88 Å². The fraction of sp³-hybridized carbons (Fsp3) is 0.632. The van der Waals surface area contributed by atoms with E-state index in [4.69, 9.17) is 9.47 Å². The van der Waals surface area contributed by atoms with Crippen LogP contribution in [-0.4, -0.2) is 68.9 Å². The van der Waals surface area contributed by atoms with Crippen molar-refractivity contribution in [2.75, 3.05) is 57.9 Å². The number of aryl methyl sites for hydroxylation is 1. The Morgan fingerprint density at radius 3 is 2.65 bits per heavy atom. The molecule has 0 saturated carbocycles. The average Bonchev–Trinajstić information content (AvgIpc) is 2.68. The van der Waals surface area contributed by atoms with E-state index in [1.54, 1.807) is 13.0 Å². The molecule has 2 aliphatic heterocycles. The predicted octanol–water partition coefficient (Wildman–Crippen LogP) is 1.60. The van der Waals surface area contributed by atoms with Gasteiger partial charge in [-0.2, -0.15) is 5.26 Å². The molecule has 7 nitrogen and oxygen atoms in total. The summed E-state index contributed by atoms with van der Waals surface area (Å²) >= 11 is 0. The molecule has 0 bridgehead atoms.